The van der Waals surface area contributed by atoms with Crippen molar-refractivity contribution in [2.75, 3.05) is 7.11 Å². The molecule has 0 bridgehead atoms. The molecule has 0 saturated carbocycles. The molecule has 2 rings (SSSR count). The fourth-order valence-electron chi connectivity index (χ4n) is 1.33. The van der Waals surface area contributed by atoms with Gasteiger partial charge in [-0.25, -0.2) is 0 Å². The van der Waals surface area contributed by atoms with Crippen LogP contribution in [0.1, 0.15) is 5.56 Å². The molecule has 0 atom stereocenters. The molecule has 6 heteroatoms. The zero-order valence-corrected chi connectivity index (χ0v) is 9.82. The molecule has 0 aromatic heterocycles. The molecule has 1 aromatic carbocycles. The van der Waals surface area contributed by atoms with Crippen LogP contribution >= 0.6 is 11.8 Å². The first kappa shape index (κ1) is 11.5. The van der Waals surface area contributed by atoms with Gasteiger partial charge in [0.15, 0.2) is 0 Å². The highest BCUT2D eigenvalue weighted by atomic mass is 32.2. The molecule has 1 heterocycles. The zero-order valence-electron chi connectivity index (χ0n) is 9.01. The van der Waals surface area contributed by atoms with Gasteiger partial charge in [0.1, 0.15) is 5.75 Å². The highest BCUT2D eigenvalue weighted by Crippen LogP contribution is 2.26. The van der Waals surface area contributed by atoms with E-state index >= 15 is 0 Å². The summed E-state index contributed by atoms with van der Waals surface area (Å²) in [5, 5.41) is 14.1. The van der Waals surface area contributed by atoms with Gasteiger partial charge in [0, 0.05) is 0 Å². The Balaban J connectivity index is 2.21. The lowest BCUT2D eigenvalue weighted by atomic mass is 10.2. The Kier molecular flexibility index (Phi) is 3.34. The monoisotopic (exact) mass is 250 g/mol. The molecule has 1 amide bonds. The molecule has 0 unspecified atom stereocenters. The van der Waals surface area contributed by atoms with Crippen LogP contribution in [0.4, 0.5) is 0 Å². The van der Waals surface area contributed by atoms with Crippen LogP contribution in [0.2, 0.25) is 0 Å². The number of nitrogens with zero attached hydrogens (tertiary/aromatic N) is 1. The largest absolute Gasteiger partial charge is 0.497 e. The van der Waals surface area contributed by atoms with Crippen molar-refractivity contribution in [2.24, 2.45) is 5.16 Å². The van der Waals surface area contributed by atoms with Gasteiger partial charge in [0.05, 0.1) is 12.0 Å². The SMILES string of the molecule is COc1ccc(/C=C2/S/C(=N/O)NC2=O)cc1. The Morgan fingerprint density at radius 3 is 2.65 bits per heavy atom. The fourth-order valence-corrected chi connectivity index (χ4v) is 2.06. The van der Waals surface area contributed by atoms with Crippen LogP contribution < -0.4 is 10.1 Å². The molecule has 1 aromatic rings. The van der Waals surface area contributed by atoms with E-state index in [1.165, 1.54) is 0 Å². The number of hydrogen-bond acceptors (Lipinski definition) is 5. The minimum atomic E-state index is -0.265. The Morgan fingerprint density at radius 1 is 1.41 bits per heavy atom. The van der Waals surface area contributed by atoms with Gasteiger partial charge in [0.25, 0.3) is 5.91 Å². The number of methoxy groups -OCH3 is 1. The molecular weight excluding hydrogens is 240 g/mol. The maximum Gasteiger partial charge on any atom is 0.264 e. The Bertz CT molecular complexity index is 494. The summed E-state index contributed by atoms with van der Waals surface area (Å²) in [6, 6.07) is 7.30. The van der Waals surface area contributed by atoms with E-state index in [1.807, 2.05) is 24.3 Å². The predicted molar refractivity (Wildman–Crippen MR) is 65.9 cm³/mol. The lowest BCUT2D eigenvalue weighted by Crippen LogP contribution is -2.19. The summed E-state index contributed by atoms with van der Waals surface area (Å²) in [6.07, 6.45) is 1.72. The minimum Gasteiger partial charge on any atom is -0.497 e. The summed E-state index contributed by atoms with van der Waals surface area (Å²) < 4.78 is 5.04. The molecule has 1 fully saturated rings. The number of oxime groups is 1. The minimum absolute atomic E-state index is 0.190. The summed E-state index contributed by atoms with van der Waals surface area (Å²) >= 11 is 1.09. The van der Waals surface area contributed by atoms with Crippen LogP contribution in [-0.4, -0.2) is 23.4 Å². The van der Waals surface area contributed by atoms with Crippen molar-refractivity contribution in [3.05, 3.63) is 34.7 Å². The summed E-state index contributed by atoms with van der Waals surface area (Å²) in [6.45, 7) is 0. The van der Waals surface area contributed by atoms with Crippen molar-refractivity contribution in [1.82, 2.24) is 5.32 Å². The van der Waals surface area contributed by atoms with E-state index in [2.05, 4.69) is 10.5 Å². The van der Waals surface area contributed by atoms with Crippen LogP contribution in [0.5, 0.6) is 5.75 Å². The average Bonchev–Trinajstić information content (AvgIpc) is 2.71. The van der Waals surface area contributed by atoms with E-state index in [0.29, 0.717) is 4.91 Å². The van der Waals surface area contributed by atoms with Gasteiger partial charge in [-0.1, -0.05) is 17.3 Å². The maximum atomic E-state index is 11.5. The van der Waals surface area contributed by atoms with Crippen molar-refractivity contribution < 1.29 is 14.7 Å². The third-order valence-corrected chi connectivity index (χ3v) is 3.06. The number of rotatable bonds is 2. The van der Waals surface area contributed by atoms with E-state index in [0.717, 1.165) is 23.1 Å². The number of amides is 1. The molecule has 2 N–H and O–H groups in total. The van der Waals surface area contributed by atoms with Crippen LogP contribution in [0.25, 0.3) is 6.08 Å². The van der Waals surface area contributed by atoms with Gasteiger partial charge in [-0.2, -0.15) is 0 Å². The van der Waals surface area contributed by atoms with E-state index in [1.54, 1.807) is 13.2 Å². The second-order valence-corrected chi connectivity index (χ2v) is 4.27. The average molecular weight is 250 g/mol. The van der Waals surface area contributed by atoms with Crippen LogP contribution in [0, 0.1) is 0 Å². The quantitative estimate of drug-likeness (QED) is 0.475. The standard InChI is InChI=1S/C11H10N2O3S/c1-16-8-4-2-7(3-5-8)6-9-10(14)12-11(13-15)17-9/h2-6,15H,1H3,(H,12,13,14)/b9-6+. The van der Waals surface area contributed by atoms with Crippen molar-refractivity contribution >= 4 is 28.9 Å². The number of benzene rings is 1. The summed E-state index contributed by atoms with van der Waals surface area (Å²) in [4.78, 5) is 11.9. The number of amidine groups is 1. The first-order chi connectivity index (χ1) is 8.22. The maximum absolute atomic E-state index is 11.5. The summed E-state index contributed by atoms with van der Waals surface area (Å²) in [5.41, 5.74) is 0.877. The first-order valence-electron chi connectivity index (χ1n) is 4.80. The molecular formula is C11H10N2O3S. The third-order valence-electron chi connectivity index (χ3n) is 2.16. The van der Waals surface area contributed by atoms with E-state index in [-0.39, 0.29) is 11.1 Å². The highest BCUT2D eigenvalue weighted by molar-refractivity contribution is 8.18. The van der Waals surface area contributed by atoms with Gasteiger partial charge >= 0.3 is 0 Å². The van der Waals surface area contributed by atoms with E-state index in [4.69, 9.17) is 9.94 Å². The molecule has 0 radical (unpaired) electrons. The molecule has 1 aliphatic heterocycles. The Morgan fingerprint density at radius 2 is 2.12 bits per heavy atom. The van der Waals surface area contributed by atoms with Gasteiger partial charge in [-0.3, -0.25) is 10.1 Å². The van der Waals surface area contributed by atoms with Gasteiger partial charge < -0.3 is 9.94 Å². The Labute approximate surface area is 102 Å². The molecule has 1 aliphatic rings. The first-order valence-corrected chi connectivity index (χ1v) is 5.61. The van der Waals surface area contributed by atoms with Crippen LogP contribution in [0.3, 0.4) is 0 Å². The molecule has 0 spiro atoms. The van der Waals surface area contributed by atoms with Crippen LogP contribution in [0.15, 0.2) is 34.3 Å². The zero-order chi connectivity index (χ0) is 12.3. The van der Waals surface area contributed by atoms with Gasteiger partial charge in [0.2, 0.25) is 5.17 Å². The third kappa shape index (κ3) is 2.59. The summed E-state index contributed by atoms with van der Waals surface area (Å²) in [5.74, 6) is 0.493. The number of ether oxygens (including phenoxy) is 1. The number of carbonyl (C=O) groups excluding carboxylic acids is 1. The predicted octanol–water partition coefficient (Wildman–Crippen LogP) is 1.64. The molecule has 5 nitrogen and oxygen atoms in total. The van der Waals surface area contributed by atoms with Crippen molar-refractivity contribution in [1.29, 1.82) is 0 Å². The molecule has 0 aliphatic carbocycles. The van der Waals surface area contributed by atoms with E-state index in [9.17, 15) is 4.79 Å². The topological polar surface area (TPSA) is 70.9 Å². The second-order valence-electron chi connectivity index (χ2n) is 3.24. The summed E-state index contributed by atoms with van der Waals surface area (Å²) in [7, 11) is 1.59. The fraction of sp³-hybridized carbons (Fsp3) is 0.0909. The molecule has 17 heavy (non-hydrogen) atoms. The molecule has 1 saturated heterocycles. The lowest BCUT2D eigenvalue weighted by molar-refractivity contribution is -0.115. The van der Waals surface area contributed by atoms with E-state index < -0.39 is 0 Å². The van der Waals surface area contributed by atoms with Crippen molar-refractivity contribution in [3.63, 3.8) is 0 Å². The number of nitrogens with one attached hydrogen (secondary N) is 1. The molecule has 88 valence electrons. The normalized spacial score (nSPS) is 19.7. The Hall–Kier alpha value is -1.95. The number of carbonyl (C=O) groups is 1. The smallest absolute Gasteiger partial charge is 0.264 e. The van der Waals surface area contributed by atoms with Gasteiger partial charge in [-0.05, 0) is 35.5 Å². The van der Waals surface area contributed by atoms with Crippen molar-refractivity contribution in [3.8, 4) is 5.75 Å². The van der Waals surface area contributed by atoms with Crippen molar-refractivity contribution in [2.45, 2.75) is 0 Å². The number of thioether (sulfide) groups is 1. The van der Waals surface area contributed by atoms with Gasteiger partial charge in [-0.15, -0.1) is 0 Å². The van der Waals surface area contributed by atoms with Crippen LogP contribution in [-0.2, 0) is 4.79 Å². The second kappa shape index (κ2) is 4.92. The lowest BCUT2D eigenvalue weighted by Gasteiger charge is -1.99. The number of hydrogen-bond donors (Lipinski definition) is 2. The highest BCUT2D eigenvalue weighted by Gasteiger charge is 2.23.